The molecule has 0 aliphatic carbocycles. The maximum Gasteiger partial charge on any atom is 0.258 e. The third-order valence-electron chi connectivity index (χ3n) is 4.40. The fourth-order valence-electron chi connectivity index (χ4n) is 2.89. The van der Waals surface area contributed by atoms with Gasteiger partial charge in [0.2, 0.25) is 5.82 Å². The van der Waals surface area contributed by atoms with Gasteiger partial charge < -0.3 is 18.7 Å². The number of rotatable bonds is 7. The molecule has 0 radical (unpaired) electrons. The maximum absolute atomic E-state index is 5.88. The minimum absolute atomic E-state index is 0.417. The first-order chi connectivity index (χ1) is 14.3. The van der Waals surface area contributed by atoms with Crippen molar-refractivity contribution < 1.29 is 18.7 Å². The second-order valence-electron chi connectivity index (χ2n) is 6.30. The Morgan fingerprint density at radius 3 is 2.41 bits per heavy atom. The lowest BCUT2D eigenvalue weighted by Gasteiger charge is -2.07. The van der Waals surface area contributed by atoms with E-state index in [0.717, 1.165) is 22.4 Å². The zero-order chi connectivity index (χ0) is 20.1. The molecule has 1 aromatic heterocycles. The highest BCUT2D eigenvalue weighted by molar-refractivity contribution is 5.64. The van der Waals surface area contributed by atoms with Crippen molar-refractivity contribution in [1.29, 1.82) is 0 Å². The predicted octanol–water partition coefficient (Wildman–Crippen LogP) is 5.00. The first-order valence-corrected chi connectivity index (χ1v) is 9.10. The van der Waals surface area contributed by atoms with Crippen LogP contribution in [-0.2, 0) is 6.61 Å². The molecule has 4 rings (SSSR count). The van der Waals surface area contributed by atoms with Crippen molar-refractivity contribution in [2.45, 2.75) is 6.61 Å². The molecule has 0 spiro atoms. The Hall–Kier alpha value is -3.80. The Morgan fingerprint density at radius 1 is 0.793 bits per heavy atom. The summed E-state index contributed by atoms with van der Waals surface area (Å²) in [5.41, 5.74) is 2.66. The topological polar surface area (TPSA) is 66.6 Å². The van der Waals surface area contributed by atoms with Gasteiger partial charge in [-0.25, -0.2) is 0 Å². The molecule has 0 amide bonds. The highest BCUT2D eigenvalue weighted by Crippen LogP contribution is 2.32. The number of hydrogen-bond donors (Lipinski definition) is 0. The molecule has 0 aliphatic rings. The smallest absolute Gasteiger partial charge is 0.258 e. The quantitative estimate of drug-likeness (QED) is 0.444. The Bertz CT molecular complexity index is 1090. The van der Waals surface area contributed by atoms with Gasteiger partial charge in [-0.15, -0.1) is 0 Å². The summed E-state index contributed by atoms with van der Waals surface area (Å²) in [6.45, 7) is 0.491. The molecular weight excluding hydrogens is 368 g/mol. The largest absolute Gasteiger partial charge is 0.493 e. The molecule has 146 valence electrons. The zero-order valence-electron chi connectivity index (χ0n) is 16.2. The van der Waals surface area contributed by atoms with Gasteiger partial charge in [-0.05, 0) is 42.0 Å². The molecular formula is C23H20N2O4. The van der Waals surface area contributed by atoms with Gasteiger partial charge in [-0.2, -0.15) is 4.98 Å². The van der Waals surface area contributed by atoms with E-state index in [2.05, 4.69) is 10.1 Å². The van der Waals surface area contributed by atoms with E-state index in [9.17, 15) is 0 Å². The van der Waals surface area contributed by atoms with Crippen molar-refractivity contribution in [1.82, 2.24) is 10.1 Å². The van der Waals surface area contributed by atoms with E-state index < -0.39 is 0 Å². The van der Waals surface area contributed by atoms with Gasteiger partial charge >= 0.3 is 0 Å². The number of methoxy groups -OCH3 is 2. The van der Waals surface area contributed by atoms with E-state index in [0.29, 0.717) is 29.8 Å². The molecule has 0 saturated heterocycles. The molecule has 0 atom stereocenters. The Labute approximate surface area is 168 Å². The molecule has 4 aromatic rings. The molecule has 0 bridgehead atoms. The van der Waals surface area contributed by atoms with Gasteiger partial charge in [-0.3, -0.25) is 0 Å². The van der Waals surface area contributed by atoms with Crippen molar-refractivity contribution in [3.05, 3.63) is 78.4 Å². The average Bonchev–Trinajstić information content (AvgIpc) is 3.28. The van der Waals surface area contributed by atoms with E-state index in [-0.39, 0.29) is 0 Å². The van der Waals surface area contributed by atoms with Gasteiger partial charge in [0.05, 0.1) is 14.2 Å². The number of hydrogen-bond acceptors (Lipinski definition) is 6. The summed E-state index contributed by atoms with van der Waals surface area (Å²) < 4.78 is 22.0. The normalized spacial score (nSPS) is 10.6. The van der Waals surface area contributed by atoms with E-state index in [4.69, 9.17) is 18.7 Å². The van der Waals surface area contributed by atoms with Gasteiger partial charge in [0.25, 0.3) is 5.89 Å². The fourth-order valence-corrected chi connectivity index (χ4v) is 2.89. The molecule has 0 fully saturated rings. The highest BCUT2D eigenvalue weighted by atomic mass is 16.5. The molecule has 6 nitrogen and oxygen atoms in total. The van der Waals surface area contributed by atoms with Crippen LogP contribution >= 0.6 is 0 Å². The van der Waals surface area contributed by atoms with Crippen LogP contribution in [0.2, 0.25) is 0 Å². The lowest BCUT2D eigenvalue weighted by molar-refractivity contribution is 0.306. The lowest BCUT2D eigenvalue weighted by Crippen LogP contribution is -1.95. The van der Waals surface area contributed by atoms with Crippen LogP contribution in [0, 0.1) is 0 Å². The van der Waals surface area contributed by atoms with Crippen LogP contribution in [0.1, 0.15) is 5.56 Å². The van der Waals surface area contributed by atoms with Crippen LogP contribution in [0.3, 0.4) is 0 Å². The summed E-state index contributed by atoms with van der Waals surface area (Å²) in [7, 11) is 3.18. The summed E-state index contributed by atoms with van der Waals surface area (Å²) in [5, 5.41) is 4.09. The number of nitrogens with zero attached hydrogens (tertiary/aromatic N) is 2. The average molecular weight is 388 g/mol. The first kappa shape index (κ1) is 18.6. The van der Waals surface area contributed by atoms with Crippen LogP contribution < -0.4 is 14.2 Å². The number of ether oxygens (including phenoxy) is 3. The third-order valence-corrected chi connectivity index (χ3v) is 4.40. The molecule has 29 heavy (non-hydrogen) atoms. The van der Waals surface area contributed by atoms with Crippen LogP contribution in [0.15, 0.2) is 77.3 Å². The molecule has 1 heterocycles. The van der Waals surface area contributed by atoms with Crippen molar-refractivity contribution in [2.24, 2.45) is 0 Å². The Balaban J connectivity index is 1.54. The summed E-state index contributed by atoms with van der Waals surface area (Å²) in [4.78, 5) is 4.51. The molecule has 3 aromatic carbocycles. The van der Waals surface area contributed by atoms with Crippen molar-refractivity contribution in [3.63, 3.8) is 0 Å². The van der Waals surface area contributed by atoms with E-state index in [1.807, 2.05) is 72.8 Å². The molecule has 6 heteroatoms. The first-order valence-electron chi connectivity index (χ1n) is 9.10. The number of aromatic nitrogens is 2. The third kappa shape index (κ3) is 4.21. The van der Waals surface area contributed by atoms with Crippen molar-refractivity contribution in [3.8, 4) is 40.1 Å². The Kier molecular flexibility index (Phi) is 5.42. The molecule has 0 unspecified atom stereocenters. The Morgan fingerprint density at radius 2 is 1.62 bits per heavy atom. The SMILES string of the molecule is COc1ccc(-c2noc(-c3cccc(OCc4ccccc4)c3)n2)cc1OC. The summed E-state index contributed by atoms with van der Waals surface area (Å²) >= 11 is 0. The summed E-state index contributed by atoms with van der Waals surface area (Å²) in [5.74, 6) is 2.87. The van der Waals surface area contributed by atoms with Crippen molar-refractivity contribution in [2.75, 3.05) is 14.2 Å². The van der Waals surface area contributed by atoms with E-state index >= 15 is 0 Å². The fraction of sp³-hybridized carbons (Fsp3) is 0.130. The van der Waals surface area contributed by atoms with Gasteiger partial charge in [-0.1, -0.05) is 41.6 Å². The lowest BCUT2D eigenvalue weighted by atomic mass is 10.2. The van der Waals surface area contributed by atoms with E-state index in [1.54, 1.807) is 14.2 Å². The predicted molar refractivity (Wildman–Crippen MR) is 109 cm³/mol. The second kappa shape index (κ2) is 8.48. The number of benzene rings is 3. The minimum atomic E-state index is 0.417. The molecule has 0 aliphatic heterocycles. The van der Waals surface area contributed by atoms with Crippen molar-refractivity contribution >= 4 is 0 Å². The maximum atomic E-state index is 5.88. The van der Waals surface area contributed by atoms with Gasteiger partial charge in [0.15, 0.2) is 11.5 Å². The van der Waals surface area contributed by atoms with E-state index in [1.165, 1.54) is 0 Å². The van der Waals surface area contributed by atoms with Crippen LogP contribution in [0.25, 0.3) is 22.8 Å². The summed E-state index contributed by atoms with van der Waals surface area (Å²) in [6.07, 6.45) is 0. The standard InChI is InChI=1S/C23H20N2O4/c1-26-20-12-11-17(14-21(20)27-2)22-24-23(29-25-22)18-9-6-10-19(13-18)28-15-16-7-4-3-5-8-16/h3-14H,15H2,1-2H3. The zero-order valence-corrected chi connectivity index (χ0v) is 16.2. The molecule has 0 N–H and O–H groups in total. The second-order valence-corrected chi connectivity index (χ2v) is 6.30. The van der Waals surface area contributed by atoms with Crippen LogP contribution in [-0.4, -0.2) is 24.4 Å². The van der Waals surface area contributed by atoms with Crippen LogP contribution in [0.5, 0.6) is 17.2 Å². The highest BCUT2D eigenvalue weighted by Gasteiger charge is 2.14. The summed E-state index contributed by atoms with van der Waals surface area (Å²) in [6, 6.07) is 23.1. The van der Waals surface area contributed by atoms with Gasteiger partial charge in [0.1, 0.15) is 12.4 Å². The molecule has 0 saturated carbocycles. The van der Waals surface area contributed by atoms with Gasteiger partial charge in [0, 0.05) is 11.1 Å². The minimum Gasteiger partial charge on any atom is -0.493 e. The van der Waals surface area contributed by atoms with Crippen LogP contribution in [0.4, 0.5) is 0 Å². The monoisotopic (exact) mass is 388 g/mol.